The van der Waals surface area contributed by atoms with Crippen LogP contribution in [-0.2, 0) is 24.4 Å². The number of aromatic nitrogens is 2. The summed E-state index contributed by atoms with van der Waals surface area (Å²) in [5, 5.41) is 0. The molecule has 142 valence electrons. The van der Waals surface area contributed by atoms with Gasteiger partial charge >= 0.3 is 5.97 Å². The fourth-order valence-electron chi connectivity index (χ4n) is 2.91. The molecule has 0 N–H and O–H groups in total. The molecule has 3 rings (SSSR count). The molecule has 0 aliphatic heterocycles. The number of pyridine rings is 2. The summed E-state index contributed by atoms with van der Waals surface area (Å²) in [6, 6.07) is 20.8. The molecule has 2 aromatic heterocycles. The zero-order valence-corrected chi connectivity index (χ0v) is 15.6. The smallest absolute Gasteiger partial charge is 0.356 e. The third-order valence-corrected chi connectivity index (χ3v) is 4.17. The van der Waals surface area contributed by atoms with Crippen molar-refractivity contribution in [3.8, 4) is 0 Å². The summed E-state index contributed by atoms with van der Waals surface area (Å²) >= 11 is 0. The third kappa shape index (κ3) is 5.31. The lowest BCUT2D eigenvalue weighted by atomic mass is 10.2. The molecule has 0 saturated heterocycles. The van der Waals surface area contributed by atoms with Crippen LogP contribution in [0.15, 0.2) is 66.7 Å². The van der Waals surface area contributed by atoms with Crippen molar-refractivity contribution in [3.63, 3.8) is 0 Å². The number of carbonyl (C=O) groups is 2. The van der Waals surface area contributed by atoms with E-state index in [-0.39, 0.29) is 5.69 Å². The maximum atomic E-state index is 11.8. The van der Waals surface area contributed by atoms with E-state index in [9.17, 15) is 9.59 Å². The maximum absolute atomic E-state index is 11.8. The van der Waals surface area contributed by atoms with Crippen molar-refractivity contribution in [2.24, 2.45) is 0 Å². The predicted octanol–water partition coefficient (Wildman–Crippen LogP) is 3.28. The van der Waals surface area contributed by atoms with Crippen molar-refractivity contribution < 1.29 is 14.3 Å². The van der Waals surface area contributed by atoms with Crippen LogP contribution < -0.4 is 0 Å². The fourth-order valence-corrected chi connectivity index (χ4v) is 2.91. The van der Waals surface area contributed by atoms with Crippen molar-refractivity contribution in [3.05, 3.63) is 95.1 Å². The number of benzene rings is 1. The van der Waals surface area contributed by atoms with Gasteiger partial charge in [0.1, 0.15) is 11.4 Å². The van der Waals surface area contributed by atoms with Crippen molar-refractivity contribution in [2.75, 3.05) is 7.11 Å². The van der Waals surface area contributed by atoms with E-state index in [1.54, 1.807) is 18.2 Å². The van der Waals surface area contributed by atoms with Crippen LogP contribution in [0.2, 0.25) is 0 Å². The lowest BCUT2D eigenvalue weighted by molar-refractivity contribution is 0.0593. The van der Waals surface area contributed by atoms with Crippen LogP contribution in [0.1, 0.15) is 37.9 Å². The van der Waals surface area contributed by atoms with Crippen LogP contribution in [0.3, 0.4) is 0 Å². The van der Waals surface area contributed by atoms with E-state index in [0.717, 1.165) is 23.2 Å². The minimum atomic E-state index is -0.461. The molecule has 6 nitrogen and oxygen atoms in total. The normalized spacial score (nSPS) is 10.6. The van der Waals surface area contributed by atoms with Crippen LogP contribution in [-0.4, -0.2) is 34.2 Å². The minimum absolute atomic E-state index is 0.278. The second kappa shape index (κ2) is 9.53. The standard InChI is InChI=1S/C22H21N3O3/c1-28-22(27)21-12-6-10-19(24-21)15-25(13-17-7-3-2-4-8-17)14-18-9-5-11-20(16-26)23-18/h2-12,16H,13-15H2,1H3. The minimum Gasteiger partial charge on any atom is -0.464 e. The Morgan fingerprint density at radius 2 is 1.57 bits per heavy atom. The predicted molar refractivity (Wildman–Crippen MR) is 105 cm³/mol. The molecule has 0 aliphatic rings. The van der Waals surface area contributed by atoms with E-state index in [0.29, 0.717) is 25.3 Å². The maximum Gasteiger partial charge on any atom is 0.356 e. The number of nitrogens with zero attached hydrogens (tertiary/aromatic N) is 3. The van der Waals surface area contributed by atoms with Crippen LogP contribution in [0, 0.1) is 0 Å². The van der Waals surface area contributed by atoms with Gasteiger partial charge in [-0.2, -0.15) is 0 Å². The zero-order valence-electron chi connectivity index (χ0n) is 15.6. The molecule has 0 amide bonds. The van der Waals surface area contributed by atoms with Gasteiger partial charge in [-0.15, -0.1) is 0 Å². The molecule has 0 spiro atoms. The van der Waals surface area contributed by atoms with Crippen molar-refractivity contribution in [1.82, 2.24) is 14.9 Å². The van der Waals surface area contributed by atoms with Gasteiger partial charge in [0.2, 0.25) is 0 Å². The van der Waals surface area contributed by atoms with Gasteiger partial charge in [0.05, 0.1) is 18.5 Å². The third-order valence-electron chi connectivity index (χ3n) is 4.17. The van der Waals surface area contributed by atoms with Gasteiger partial charge in [-0.3, -0.25) is 9.69 Å². The monoisotopic (exact) mass is 375 g/mol. The van der Waals surface area contributed by atoms with Crippen molar-refractivity contribution in [1.29, 1.82) is 0 Å². The Morgan fingerprint density at radius 1 is 0.893 bits per heavy atom. The molecule has 6 heteroatoms. The van der Waals surface area contributed by atoms with Crippen LogP contribution in [0.4, 0.5) is 0 Å². The summed E-state index contributed by atoms with van der Waals surface area (Å²) in [6.45, 7) is 1.74. The lowest BCUT2D eigenvalue weighted by Gasteiger charge is -2.22. The molecule has 0 unspecified atom stereocenters. The summed E-state index contributed by atoms with van der Waals surface area (Å²) < 4.78 is 4.75. The number of esters is 1. The van der Waals surface area contributed by atoms with Gasteiger partial charge in [-0.05, 0) is 29.8 Å². The quantitative estimate of drug-likeness (QED) is 0.444. The van der Waals surface area contributed by atoms with E-state index in [1.165, 1.54) is 7.11 Å². The first-order valence-electron chi connectivity index (χ1n) is 8.89. The average molecular weight is 375 g/mol. The highest BCUT2D eigenvalue weighted by molar-refractivity contribution is 5.87. The molecule has 0 bridgehead atoms. The van der Waals surface area contributed by atoms with E-state index < -0.39 is 5.97 Å². The molecule has 0 fully saturated rings. The lowest BCUT2D eigenvalue weighted by Crippen LogP contribution is -2.24. The van der Waals surface area contributed by atoms with Crippen LogP contribution >= 0.6 is 0 Å². The Kier molecular flexibility index (Phi) is 6.59. The zero-order chi connectivity index (χ0) is 19.8. The van der Waals surface area contributed by atoms with Gasteiger partial charge in [-0.1, -0.05) is 42.5 Å². The van der Waals surface area contributed by atoms with E-state index in [2.05, 4.69) is 27.0 Å². The van der Waals surface area contributed by atoms with Gasteiger partial charge in [-0.25, -0.2) is 14.8 Å². The highest BCUT2D eigenvalue weighted by Crippen LogP contribution is 2.13. The topological polar surface area (TPSA) is 72.4 Å². The number of methoxy groups -OCH3 is 1. The highest BCUT2D eigenvalue weighted by Gasteiger charge is 2.13. The van der Waals surface area contributed by atoms with Crippen molar-refractivity contribution >= 4 is 12.3 Å². The van der Waals surface area contributed by atoms with E-state index in [4.69, 9.17) is 4.74 Å². The second-order valence-corrected chi connectivity index (χ2v) is 6.31. The van der Waals surface area contributed by atoms with Gasteiger partial charge in [0, 0.05) is 19.6 Å². The molecule has 0 aliphatic carbocycles. The summed E-state index contributed by atoms with van der Waals surface area (Å²) in [6.07, 6.45) is 0.742. The molecule has 0 atom stereocenters. The molecule has 0 radical (unpaired) electrons. The first kappa shape index (κ1) is 19.4. The summed E-state index contributed by atoms with van der Waals surface area (Å²) in [4.78, 5) is 33.7. The number of aldehydes is 1. The van der Waals surface area contributed by atoms with Crippen molar-refractivity contribution in [2.45, 2.75) is 19.6 Å². The van der Waals surface area contributed by atoms with Crippen LogP contribution in [0.5, 0.6) is 0 Å². The Hall–Kier alpha value is -3.38. The molecule has 28 heavy (non-hydrogen) atoms. The number of ether oxygens (including phenoxy) is 1. The summed E-state index contributed by atoms with van der Waals surface area (Å²) in [5.41, 5.74) is 3.39. The SMILES string of the molecule is COC(=O)c1cccc(CN(Cc2ccccc2)Cc2cccc(C=O)n2)n1. The van der Waals surface area contributed by atoms with E-state index in [1.807, 2.05) is 36.4 Å². The van der Waals surface area contributed by atoms with Gasteiger partial charge in [0.15, 0.2) is 6.29 Å². The first-order valence-corrected chi connectivity index (χ1v) is 8.89. The molecule has 3 aromatic rings. The van der Waals surface area contributed by atoms with Gasteiger partial charge in [0.25, 0.3) is 0 Å². The second-order valence-electron chi connectivity index (χ2n) is 6.31. The Labute approximate surface area is 163 Å². The molecule has 1 aromatic carbocycles. The molecular formula is C22H21N3O3. The first-order chi connectivity index (χ1) is 13.7. The Morgan fingerprint density at radius 3 is 2.25 bits per heavy atom. The fraction of sp³-hybridized carbons (Fsp3) is 0.182. The molecule has 2 heterocycles. The molecule has 0 saturated carbocycles. The number of rotatable bonds is 8. The molecular weight excluding hydrogens is 354 g/mol. The summed E-state index contributed by atoms with van der Waals surface area (Å²) in [7, 11) is 1.34. The van der Waals surface area contributed by atoms with Gasteiger partial charge < -0.3 is 4.74 Å². The Balaban J connectivity index is 1.83. The number of hydrogen-bond acceptors (Lipinski definition) is 6. The highest BCUT2D eigenvalue weighted by atomic mass is 16.5. The number of hydrogen-bond donors (Lipinski definition) is 0. The largest absolute Gasteiger partial charge is 0.464 e. The number of carbonyl (C=O) groups excluding carboxylic acids is 2. The summed E-state index contributed by atoms with van der Waals surface area (Å²) in [5.74, 6) is -0.461. The van der Waals surface area contributed by atoms with Crippen LogP contribution in [0.25, 0.3) is 0 Å². The Bertz CT molecular complexity index is 945. The average Bonchev–Trinajstić information content (AvgIpc) is 2.74. The van der Waals surface area contributed by atoms with E-state index >= 15 is 0 Å².